The molecule has 2 fully saturated rings. The topological polar surface area (TPSA) is 60.0 Å². The van der Waals surface area contributed by atoms with Crippen LogP contribution in [0.2, 0.25) is 0 Å². The first-order valence-corrected chi connectivity index (χ1v) is 14.0. The SMILES string of the molecule is CCOc1cc(CN2CCC3C(OC(=O)NCc4ccccc4)CCC32)cc(OCC)c1-c1ccc(F)cc1. The Morgan fingerprint density at radius 2 is 1.62 bits per heavy atom. The molecule has 3 aromatic rings. The van der Waals surface area contributed by atoms with Crippen molar-refractivity contribution in [2.24, 2.45) is 5.92 Å². The quantitative estimate of drug-likeness (QED) is 0.320. The summed E-state index contributed by atoms with van der Waals surface area (Å²) in [7, 11) is 0. The molecule has 1 saturated carbocycles. The Hall–Kier alpha value is -3.58. The first kappa shape index (κ1) is 27.0. The van der Waals surface area contributed by atoms with Crippen LogP contribution >= 0.6 is 0 Å². The summed E-state index contributed by atoms with van der Waals surface area (Å²) in [5.74, 6) is 1.54. The van der Waals surface area contributed by atoms with Gasteiger partial charge in [0.2, 0.25) is 0 Å². The molecule has 0 aromatic heterocycles. The zero-order valence-electron chi connectivity index (χ0n) is 22.7. The Kier molecular flexibility index (Phi) is 8.67. The molecule has 3 atom stereocenters. The van der Waals surface area contributed by atoms with Crippen molar-refractivity contribution < 1.29 is 23.4 Å². The minimum Gasteiger partial charge on any atom is -0.493 e. The lowest BCUT2D eigenvalue weighted by molar-refractivity contribution is 0.0730. The van der Waals surface area contributed by atoms with E-state index in [1.54, 1.807) is 12.1 Å². The van der Waals surface area contributed by atoms with Gasteiger partial charge >= 0.3 is 6.09 Å². The Morgan fingerprint density at radius 1 is 0.923 bits per heavy atom. The van der Waals surface area contributed by atoms with Crippen LogP contribution in [0.15, 0.2) is 66.7 Å². The Labute approximate surface area is 230 Å². The van der Waals surface area contributed by atoms with Gasteiger partial charge in [-0.1, -0.05) is 42.5 Å². The predicted octanol–water partition coefficient (Wildman–Crippen LogP) is 6.57. The second kappa shape index (κ2) is 12.5. The van der Waals surface area contributed by atoms with E-state index in [2.05, 4.69) is 22.3 Å². The van der Waals surface area contributed by atoms with Gasteiger partial charge in [0.15, 0.2) is 0 Å². The molecule has 3 aromatic carbocycles. The second-order valence-electron chi connectivity index (χ2n) is 10.2. The average molecular weight is 533 g/mol. The minimum atomic E-state index is -0.345. The number of amides is 1. The summed E-state index contributed by atoms with van der Waals surface area (Å²) < 4.78 is 31.6. The second-order valence-corrected chi connectivity index (χ2v) is 10.2. The predicted molar refractivity (Wildman–Crippen MR) is 149 cm³/mol. The molecule has 1 saturated heterocycles. The fourth-order valence-electron chi connectivity index (χ4n) is 6.02. The van der Waals surface area contributed by atoms with Gasteiger partial charge in [0.1, 0.15) is 23.4 Å². The summed E-state index contributed by atoms with van der Waals surface area (Å²) in [5, 5.41) is 2.89. The average Bonchev–Trinajstić information content (AvgIpc) is 3.52. The van der Waals surface area contributed by atoms with Crippen LogP contribution < -0.4 is 14.8 Å². The van der Waals surface area contributed by atoms with Gasteiger partial charge in [-0.25, -0.2) is 9.18 Å². The molecule has 1 heterocycles. The van der Waals surface area contributed by atoms with E-state index in [9.17, 15) is 9.18 Å². The molecule has 1 N–H and O–H groups in total. The Bertz CT molecular complexity index is 1220. The van der Waals surface area contributed by atoms with E-state index in [1.165, 1.54) is 12.1 Å². The fraction of sp³-hybridized carbons (Fsp3) is 0.406. The van der Waals surface area contributed by atoms with E-state index in [1.807, 2.05) is 44.2 Å². The lowest BCUT2D eigenvalue weighted by Gasteiger charge is -2.25. The number of likely N-dealkylation sites (tertiary alicyclic amines) is 1. The maximum Gasteiger partial charge on any atom is 0.407 e. The molecule has 0 radical (unpaired) electrons. The molecule has 1 aliphatic carbocycles. The molecule has 3 unspecified atom stereocenters. The smallest absolute Gasteiger partial charge is 0.407 e. The number of halogens is 1. The molecule has 0 spiro atoms. The molecule has 1 amide bonds. The first-order valence-electron chi connectivity index (χ1n) is 14.0. The molecule has 5 rings (SSSR count). The molecule has 1 aliphatic heterocycles. The van der Waals surface area contributed by atoms with Crippen LogP contribution in [0, 0.1) is 11.7 Å². The number of rotatable bonds is 10. The monoisotopic (exact) mass is 532 g/mol. The zero-order valence-corrected chi connectivity index (χ0v) is 22.7. The van der Waals surface area contributed by atoms with Gasteiger partial charge in [0.25, 0.3) is 0 Å². The molecule has 6 nitrogen and oxygen atoms in total. The molecule has 2 aliphatic rings. The number of benzene rings is 3. The standard InChI is InChI=1S/C32H37FN2O4/c1-3-37-29-18-23(19-30(38-4-2)31(29)24-10-12-25(33)13-11-24)21-35-17-16-26-27(35)14-15-28(26)39-32(36)34-20-22-8-6-5-7-9-22/h5-13,18-19,26-28H,3-4,14-17,20-21H2,1-2H3,(H,34,36). The van der Waals surface area contributed by atoms with Crippen molar-refractivity contribution >= 4 is 6.09 Å². The van der Waals surface area contributed by atoms with Crippen molar-refractivity contribution in [3.8, 4) is 22.6 Å². The van der Waals surface area contributed by atoms with Crippen molar-refractivity contribution in [3.63, 3.8) is 0 Å². The highest BCUT2D eigenvalue weighted by Gasteiger charge is 2.45. The Morgan fingerprint density at radius 3 is 2.28 bits per heavy atom. The molecule has 39 heavy (non-hydrogen) atoms. The third-order valence-corrected chi connectivity index (χ3v) is 7.72. The summed E-state index contributed by atoms with van der Waals surface area (Å²) in [6.45, 7) is 7.13. The van der Waals surface area contributed by atoms with Crippen LogP contribution in [0.4, 0.5) is 9.18 Å². The van der Waals surface area contributed by atoms with Crippen LogP contribution in [0.25, 0.3) is 11.1 Å². The van der Waals surface area contributed by atoms with Crippen molar-refractivity contribution in [3.05, 3.63) is 83.7 Å². The van der Waals surface area contributed by atoms with E-state index in [-0.39, 0.29) is 18.0 Å². The lowest BCUT2D eigenvalue weighted by atomic mass is 10.00. The van der Waals surface area contributed by atoms with Gasteiger partial charge in [-0.3, -0.25) is 4.90 Å². The number of nitrogens with one attached hydrogen (secondary N) is 1. The number of fused-ring (bicyclic) bond motifs is 1. The maximum absolute atomic E-state index is 13.6. The summed E-state index contributed by atoms with van der Waals surface area (Å²) >= 11 is 0. The van der Waals surface area contributed by atoms with Crippen LogP contribution in [-0.2, 0) is 17.8 Å². The summed E-state index contributed by atoms with van der Waals surface area (Å²) in [6, 6.07) is 20.8. The highest BCUT2D eigenvalue weighted by Crippen LogP contribution is 2.43. The molecule has 7 heteroatoms. The summed E-state index contributed by atoms with van der Waals surface area (Å²) in [4.78, 5) is 15.0. The third-order valence-electron chi connectivity index (χ3n) is 7.72. The largest absolute Gasteiger partial charge is 0.493 e. The van der Waals surface area contributed by atoms with Gasteiger partial charge in [0.05, 0.1) is 18.8 Å². The Balaban J connectivity index is 1.27. The number of carbonyl (C=O) groups is 1. The van der Waals surface area contributed by atoms with Crippen LogP contribution in [0.3, 0.4) is 0 Å². The number of nitrogens with zero attached hydrogens (tertiary/aromatic N) is 1. The molecular weight excluding hydrogens is 495 g/mol. The molecule has 206 valence electrons. The van der Waals surface area contributed by atoms with Gasteiger partial charge in [-0.05, 0) is 80.6 Å². The van der Waals surface area contributed by atoms with Gasteiger partial charge in [0, 0.05) is 25.0 Å². The van der Waals surface area contributed by atoms with Crippen molar-refractivity contribution in [2.45, 2.75) is 58.3 Å². The van der Waals surface area contributed by atoms with Crippen LogP contribution in [0.5, 0.6) is 11.5 Å². The van der Waals surface area contributed by atoms with E-state index in [0.29, 0.717) is 31.7 Å². The van der Waals surface area contributed by atoms with Gasteiger partial charge in [-0.15, -0.1) is 0 Å². The summed E-state index contributed by atoms with van der Waals surface area (Å²) in [5.41, 5.74) is 3.86. The van der Waals surface area contributed by atoms with Crippen LogP contribution in [-0.4, -0.2) is 42.9 Å². The number of alkyl carbamates (subject to hydrolysis) is 1. The van der Waals surface area contributed by atoms with E-state index >= 15 is 0 Å². The van der Waals surface area contributed by atoms with E-state index in [0.717, 1.165) is 66.1 Å². The minimum absolute atomic E-state index is 0.0606. The summed E-state index contributed by atoms with van der Waals surface area (Å²) in [6.07, 6.45) is 2.48. The van der Waals surface area contributed by atoms with Gasteiger partial charge < -0.3 is 19.5 Å². The number of carbonyl (C=O) groups excluding carboxylic acids is 1. The van der Waals surface area contributed by atoms with E-state index < -0.39 is 0 Å². The van der Waals surface area contributed by atoms with Crippen molar-refractivity contribution in [2.75, 3.05) is 19.8 Å². The van der Waals surface area contributed by atoms with Gasteiger partial charge in [-0.2, -0.15) is 0 Å². The molecular formula is C32H37FN2O4. The number of ether oxygens (including phenoxy) is 3. The lowest BCUT2D eigenvalue weighted by Crippen LogP contribution is -2.33. The van der Waals surface area contributed by atoms with Crippen molar-refractivity contribution in [1.82, 2.24) is 10.2 Å². The van der Waals surface area contributed by atoms with Crippen LogP contribution in [0.1, 0.15) is 44.2 Å². The maximum atomic E-state index is 13.6. The highest BCUT2D eigenvalue weighted by atomic mass is 19.1. The first-order chi connectivity index (χ1) is 19.1. The highest BCUT2D eigenvalue weighted by molar-refractivity contribution is 5.77. The molecule has 0 bridgehead atoms. The fourth-order valence-corrected chi connectivity index (χ4v) is 6.02. The number of hydrogen-bond donors (Lipinski definition) is 1. The third kappa shape index (κ3) is 6.36. The normalized spacial score (nSPS) is 20.4. The zero-order chi connectivity index (χ0) is 27.2. The van der Waals surface area contributed by atoms with E-state index in [4.69, 9.17) is 14.2 Å². The van der Waals surface area contributed by atoms with Crippen molar-refractivity contribution in [1.29, 1.82) is 0 Å². The number of hydrogen-bond acceptors (Lipinski definition) is 5.